The third-order valence-corrected chi connectivity index (χ3v) is 6.41. The number of aryl methyl sites for hydroxylation is 2. The lowest BCUT2D eigenvalue weighted by Crippen LogP contribution is -2.47. The zero-order valence-electron chi connectivity index (χ0n) is 20.0. The summed E-state index contributed by atoms with van der Waals surface area (Å²) in [5.74, 6) is 2.03. The first-order valence-corrected chi connectivity index (χ1v) is 11.1. The molecule has 0 aliphatic carbocycles. The molecule has 1 N–H and O–H groups in total. The van der Waals surface area contributed by atoms with E-state index in [1.165, 1.54) is 0 Å². The zero-order chi connectivity index (χ0) is 24.1. The smallest absolute Gasteiger partial charge is 0.290 e. The van der Waals surface area contributed by atoms with Crippen molar-refractivity contribution in [3.8, 4) is 17.1 Å². The molecule has 4 rings (SSSR count). The lowest BCUT2D eigenvalue weighted by molar-refractivity contribution is -0.134. The zero-order valence-corrected chi connectivity index (χ0v) is 20.0. The summed E-state index contributed by atoms with van der Waals surface area (Å²) in [6.07, 6.45) is 5.43. The van der Waals surface area contributed by atoms with Crippen molar-refractivity contribution in [3.63, 3.8) is 0 Å². The third-order valence-electron chi connectivity index (χ3n) is 6.41. The fourth-order valence-electron chi connectivity index (χ4n) is 4.69. The normalized spacial score (nSPS) is 22.2. The Morgan fingerprint density at radius 2 is 2.00 bits per heavy atom. The second-order valence-electron chi connectivity index (χ2n) is 8.85. The standard InChI is InChI=1S/C23H32N4O3.CH2O2/c1-15-9-21(29-5)16(2)8-20(15)23-24-6-7-27(23)17-10-18-14-30-19(13-26(18)12-17)11-22(28)25(3)4;2-1-3/h6-9,17-19H,10-14H2,1-5H3;1H,(H,2,3)/t17-,18+,19+;/m1./s1. The highest BCUT2D eigenvalue weighted by Crippen LogP contribution is 2.36. The van der Waals surface area contributed by atoms with Gasteiger partial charge in [-0.15, -0.1) is 0 Å². The lowest BCUT2D eigenvalue weighted by atomic mass is 10.0. The topological polar surface area (TPSA) is 97.1 Å². The van der Waals surface area contributed by atoms with Crippen LogP contribution in [0.15, 0.2) is 24.5 Å². The van der Waals surface area contributed by atoms with Crippen LogP contribution in [0.4, 0.5) is 0 Å². The molecule has 2 fully saturated rings. The van der Waals surface area contributed by atoms with Crippen LogP contribution in [0.25, 0.3) is 11.4 Å². The van der Waals surface area contributed by atoms with Crippen molar-refractivity contribution >= 4 is 12.4 Å². The number of nitrogens with zero attached hydrogens (tertiary/aromatic N) is 4. The first-order valence-electron chi connectivity index (χ1n) is 11.1. The van der Waals surface area contributed by atoms with Crippen LogP contribution in [-0.4, -0.2) is 89.9 Å². The quantitative estimate of drug-likeness (QED) is 0.687. The number of imidazole rings is 1. The van der Waals surface area contributed by atoms with Crippen molar-refractivity contribution in [1.82, 2.24) is 19.4 Å². The molecule has 1 aromatic heterocycles. The van der Waals surface area contributed by atoms with Gasteiger partial charge in [-0.25, -0.2) is 4.98 Å². The summed E-state index contributed by atoms with van der Waals surface area (Å²) < 4.78 is 13.8. The molecule has 3 atom stereocenters. The summed E-state index contributed by atoms with van der Waals surface area (Å²) in [6.45, 7) is 6.38. The van der Waals surface area contributed by atoms with Crippen molar-refractivity contribution in [2.45, 2.75) is 44.9 Å². The Balaban J connectivity index is 0.000000968. The molecule has 0 spiro atoms. The highest BCUT2D eigenvalue weighted by molar-refractivity contribution is 5.76. The van der Waals surface area contributed by atoms with Crippen LogP contribution in [0.2, 0.25) is 0 Å². The molecule has 0 unspecified atom stereocenters. The maximum atomic E-state index is 12.1. The Morgan fingerprint density at radius 3 is 2.67 bits per heavy atom. The van der Waals surface area contributed by atoms with E-state index < -0.39 is 0 Å². The fraction of sp³-hybridized carbons (Fsp3) is 0.542. The second kappa shape index (κ2) is 10.8. The van der Waals surface area contributed by atoms with Crippen molar-refractivity contribution in [2.75, 3.05) is 40.9 Å². The Bertz CT molecular complexity index is 974. The summed E-state index contributed by atoms with van der Waals surface area (Å²) in [5.41, 5.74) is 3.42. The van der Waals surface area contributed by atoms with Crippen LogP contribution < -0.4 is 4.74 Å². The highest BCUT2D eigenvalue weighted by Gasteiger charge is 2.39. The van der Waals surface area contributed by atoms with E-state index in [9.17, 15) is 4.79 Å². The molecule has 2 aliphatic rings. The van der Waals surface area contributed by atoms with Gasteiger partial charge in [-0.2, -0.15) is 0 Å². The van der Waals surface area contributed by atoms with Crippen LogP contribution in [0.5, 0.6) is 5.75 Å². The van der Waals surface area contributed by atoms with Gasteiger partial charge < -0.3 is 24.0 Å². The predicted molar refractivity (Wildman–Crippen MR) is 124 cm³/mol. The molecular weight excluding hydrogens is 424 g/mol. The van der Waals surface area contributed by atoms with Gasteiger partial charge in [0.2, 0.25) is 5.91 Å². The van der Waals surface area contributed by atoms with E-state index in [0.29, 0.717) is 25.1 Å². The van der Waals surface area contributed by atoms with Crippen LogP contribution in [0, 0.1) is 13.8 Å². The second-order valence-corrected chi connectivity index (χ2v) is 8.85. The fourth-order valence-corrected chi connectivity index (χ4v) is 4.69. The van der Waals surface area contributed by atoms with Crippen molar-refractivity contribution in [1.29, 1.82) is 0 Å². The largest absolute Gasteiger partial charge is 0.496 e. The number of aromatic nitrogens is 2. The molecule has 1 aromatic carbocycles. The number of carboxylic acid groups (broad SMARTS) is 1. The predicted octanol–water partition coefficient (Wildman–Crippen LogP) is 2.37. The summed E-state index contributed by atoms with van der Waals surface area (Å²) in [5, 5.41) is 6.89. The van der Waals surface area contributed by atoms with Gasteiger partial charge in [0.1, 0.15) is 11.6 Å². The number of morpholine rings is 1. The minimum Gasteiger partial charge on any atom is -0.496 e. The Kier molecular flexibility index (Phi) is 8.10. The first-order chi connectivity index (χ1) is 15.8. The van der Waals surface area contributed by atoms with E-state index in [-0.39, 0.29) is 18.5 Å². The monoisotopic (exact) mass is 458 g/mol. The highest BCUT2D eigenvalue weighted by atomic mass is 16.5. The summed E-state index contributed by atoms with van der Waals surface area (Å²) in [4.78, 5) is 29.3. The van der Waals surface area contributed by atoms with Gasteiger partial charge in [0, 0.05) is 57.2 Å². The van der Waals surface area contributed by atoms with Gasteiger partial charge >= 0.3 is 0 Å². The minimum atomic E-state index is -0.250. The average Bonchev–Trinajstić information content (AvgIpc) is 3.42. The molecule has 2 aromatic rings. The van der Waals surface area contributed by atoms with Crippen molar-refractivity contribution < 1.29 is 24.2 Å². The molecule has 0 bridgehead atoms. The van der Waals surface area contributed by atoms with E-state index in [2.05, 4.69) is 41.6 Å². The number of carbonyl (C=O) groups excluding carboxylic acids is 1. The number of hydrogen-bond donors (Lipinski definition) is 1. The molecule has 2 aliphatic heterocycles. The number of fused-ring (bicyclic) bond motifs is 1. The maximum absolute atomic E-state index is 12.1. The van der Waals surface area contributed by atoms with E-state index >= 15 is 0 Å². The number of benzene rings is 1. The molecular formula is C24H34N4O5. The molecule has 2 saturated heterocycles. The summed E-state index contributed by atoms with van der Waals surface area (Å²) in [6, 6.07) is 5.00. The molecule has 1 amide bonds. The van der Waals surface area contributed by atoms with Gasteiger partial charge in [-0.05, 0) is 43.5 Å². The number of rotatable bonds is 5. The molecule has 9 heteroatoms. The van der Waals surface area contributed by atoms with Crippen LogP contribution in [-0.2, 0) is 14.3 Å². The summed E-state index contributed by atoms with van der Waals surface area (Å²) in [7, 11) is 5.30. The van der Waals surface area contributed by atoms with Crippen molar-refractivity contribution in [2.24, 2.45) is 0 Å². The number of carbonyl (C=O) groups is 2. The third kappa shape index (κ3) is 5.54. The van der Waals surface area contributed by atoms with Crippen LogP contribution in [0.3, 0.4) is 0 Å². The number of amides is 1. The number of methoxy groups -OCH3 is 1. The van der Waals surface area contributed by atoms with Gasteiger partial charge in [0.15, 0.2) is 0 Å². The van der Waals surface area contributed by atoms with E-state index in [0.717, 1.165) is 47.8 Å². The van der Waals surface area contributed by atoms with E-state index in [4.69, 9.17) is 24.4 Å². The average molecular weight is 459 g/mol. The molecule has 9 nitrogen and oxygen atoms in total. The molecule has 33 heavy (non-hydrogen) atoms. The van der Waals surface area contributed by atoms with Gasteiger partial charge in [0.05, 0.1) is 26.2 Å². The summed E-state index contributed by atoms with van der Waals surface area (Å²) >= 11 is 0. The number of ether oxygens (including phenoxy) is 2. The lowest BCUT2D eigenvalue weighted by Gasteiger charge is -2.35. The molecule has 0 saturated carbocycles. The van der Waals surface area contributed by atoms with Gasteiger partial charge in [-0.3, -0.25) is 14.5 Å². The van der Waals surface area contributed by atoms with Crippen LogP contribution in [0.1, 0.15) is 30.0 Å². The minimum absolute atomic E-state index is 0.0244. The Labute approximate surface area is 194 Å². The van der Waals surface area contributed by atoms with Crippen molar-refractivity contribution in [3.05, 3.63) is 35.7 Å². The molecule has 180 valence electrons. The van der Waals surface area contributed by atoms with Gasteiger partial charge in [0.25, 0.3) is 6.47 Å². The maximum Gasteiger partial charge on any atom is 0.290 e. The van der Waals surface area contributed by atoms with Gasteiger partial charge in [-0.1, -0.05) is 0 Å². The van der Waals surface area contributed by atoms with E-state index in [1.807, 2.05) is 6.20 Å². The molecule has 0 radical (unpaired) electrons. The Morgan fingerprint density at radius 1 is 1.27 bits per heavy atom. The van der Waals surface area contributed by atoms with Crippen LogP contribution >= 0.6 is 0 Å². The first kappa shape index (κ1) is 24.7. The Hall–Kier alpha value is -2.91. The number of hydrogen-bond acceptors (Lipinski definition) is 6. The van der Waals surface area contributed by atoms with E-state index in [1.54, 1.807) is 26.1 Å². The molecule has 3 heterocycles. The SMILES string of the molecule is COc1cc(C)c(-c2nccn2[C@@H]2C[C@H]3CO[C@@H](CC(=O)N(C)C)CN3C2)cc1C.O=CO.